The highest BCUT2D eigenvalue weighted by Crippen LogP contribution is 2.27. The average Bonchev–Trinajstić information content (AvgIpc) is 2.32. The lowest BCUT2D eigenvalue weighted by molar-refractivity contribution is -0.144. The van der Waals surface area contributed by atoms with Gasteiger partial charge < -0.3 is 8.84 Å². The second-order valence-electron chi connectivity index (χ2n) is 6.09. The fraction of sp³-hybridized carbons (Fsp3) is 0.929. The Hall–Kier alpha value is -0.383. The van der Waals surface area contributed by atoms with Crippen LogP contribution in [-0.2, 0) is 9.53 Å². The van der Waals surface area contributed by atoms with Crippen LogP contribution >= 0.6 is 0 Å². The van der Waals surface area contributed by atoms with Crippen molar-refractivity contribution in [2.24, 2.45) is 5.92 Å². The minimum absolute atomic E-state index is 0.0982. The van der Waals surface area contributed by atoms with Gasteiger partial charge in [-0.15, -0.1) is 0 Å². The molecule has 1 aliphatic carbocycles. The van der Waals surface area contributed by atoms with Gasteiger partial charge >= 0.3 is 5.97 Å². The maximum atomic E-state index is 13.3. The molecule has 0 aromatic rings. The summed E-state index contributed by atoms with van der Waals surface area (Å²) in [6.45, 7) is 3.78. The number of ether oxygens (including phenoxy) is 1. The van der Waals surface area contributed by atoms with E-state index < -0.39 is 8.41 Å². The number of halogens is 1. The van der Waals surface area contributed by atoms with Gasteiger partial charge in [0.05, 0.1) is 6.61 Å². The Bertz CT molecular complexity index is 245. The lowest BCUT2D eigenvalue weighted by atomic mass is 9.86. The molecule has 1 fully saturated rings. The quantitative estimate of drug-likeness (QED) is 0.297. The Kier molecular flexibility index (Phi) is 6.90. The summed E-state index contributed by atoms with van der Waals surface area (Å²) in [7, 11) is -2.47. The highest BCUT2D eigenvalue weighted by Gasteiger charge is 2.19. The van der Waals surface area contributed by atoms with Gasteiger partial charge in [-0.2, -0.15) is 0 Å². The predicted octanol–water partition coefficient (Wildman–Crippen LogP) is 4.45. The maximum absolute atomic E-state index is 13.3. The normalized spacial score (nSPS) is 17.7. The zero-order valence-corrected chi connectivity index (χ0v) is 12.8. The summed E-state index contributed by atoms with van der Waals surface area (Å²) < 4.78 is 18.4. The number of carbonyl (C=O) groups is 1. The van der Waals surface area contributed by atoms with E-state index in [1.165, 1.54) is 32.1 Å². The molecule has 0 unspecified atom stereocenters. The van der Waals surface area contributed by atoms with Crippen molar-refractivity contribution in [2.75, 3.05) is 6.61 Å². The Morgan fingerprint density at radius 3 is 2.56 bits per heavy atom. The lowest BCUT2D eigenvalue weighted by Gasteiger charge is -2.20. The summed E-state index contributed by atoms with van der Waals surface area (Å²) in [5, 5.41) is 0. The second-order valence-corrected chi connectivity index (χ2v) is 10.0. The maximum Gasteiger partial charge on any atom is 0.305 e. The minimum Gasteiger partial charge on any atom is -0.466 e. The molecule has 0 N–H and O–H groups in total. The molecule has 0 bridgehead atoms. The summed E-state index contributed by atoms with van der Waals surface area (Å²) in [6, 6.07) is 0.586. The van der Waals surface area contributed by atoms with E-state index >= 15 is 0 Å². The minimum atomic E-state index is -2.47. The first-order chi connectivity index (χ1) is 8.47. The highest BCUT2D eigenvalue weighted by molar-refractivity contribution is 6.70. The van der Waals surface area contributed by atoms with Gasteiger partial charge in [0.25, 0.3) is 0 Å². The first-order valence-corrected chi connectivity index (χ1v) is 10.4. The predicted molar refractivity (Wildman–Crippen MR) is 74.8 cm³/mol. The largest absolute Gasteiger partial charge is 0.466 e. The molecule has 106 valence electrons. The van der Waals surface area contributed by atoms with E-state index in [1.54, 1.807) is 13.1 Å². The summed E-state index contributed by atoms with van der Waals surface area (Å²) >= 11 is 0. The molecule has 18 heavy (non-hydrogen) atoms. The van der Waals surface area contributed by atoms with E-state index in [1.807, 2.05) is 0 Å². The van der Waals surface area contributed by atoms with Crippen molar-refractivity contribution in [3.63, 3.8) is 0 Å². The third kappa shape index (κ3) is 7.85. The Labute approximate surface area is 111 Å². The van der Waals surface area contributed by atoms with Crippen molar-refractivity contribution in [2.45, 2.75) is 70.5 Å². The van der Waals surface area contributed by atoms with Gasteiger partial charge in [0.15, 0.2) is 0 Å². The van der Waals surface area contributed by atoms with E-state index in [0.717, 1.165) is 12.3 Å². The first kappa shape index (κ1) is 15.7. The molecule has 2 nitrogen and oxygen atoms in total. The van der Waals surface area contributed by atoms with Crippen LogP contribution in [0.15, 0.2) is 0 Å². The fourth-order valence-electron chi connectivity index (χ4n) is 2.55. The van der Waals surface area contributed by atoms with Gasteiger partial charge in [0, 0.05) is 6.42 Å². The van der Waals surface area contributed by atoms with E-state index in [-0.39, 0.29) is 5.97 Å². The van der Waals surface area contributed by atoms with Gasteiger partial charge in [-0.05, 0) is 37.9 Å². The van der Waals surface area contributed by atoms with Crippen molar-refractivity contribution in [3.8, 4) is 0 Å². The van der Waals surface area contributed by atoms with Gasteiger partial charge in [-0.3, -0.25) is 4.79 Å². The fourth-order valence-corrected chi connectivity index (χ4v) is 3.53. The molecule has 0 amide bonds. The zero-order valence-electron chi connectivity index (χ0n) is 11.8. The lowest BCUT2D eigenvalue weighted by Crippen LogP contribution is -2.18. The summed E-state index contributed by atoms with van der Waals surface area (Å²) in [5.41, 5.74) is 0. The molecule has 1 saturated carbocycles. The van der Waals surface area contributed by atoms with E-state index in [2.05, 4.69) is 0 Å². The number of rotatable bonds is 7. The molecule has 0 radical (unpaired) electrons. The van der Waals surface area contributed by atoms with E-state index in [4.69, 9.17) is 4.74 Å². The van der Waals surface area contributed by atoms with Crippen molar-refractivity contribution in [3.05, 3.63) is 0 Å². The molecule has 0 aliphatic heterocycles. The van der Waals surface area contributed by atoms with Crippen molar-refractivity contribution < 1.29 is 13.6 Å². The molecule has 0 spiro atoms. The van der Waals surface area contributed by atoms with Crippen LogP contribution in [-0.4, -0.2) is 21.0 Å². The third-order valence-corrected chi connectivity index (χ3v) is 5.20. The number of esters is 1. The van der Waals surface area contributed by atoms with Gasteiger partial charge in [-0.1, -0.05) is 32.1 Å². The highest BCUT2D eigenvalue weighted by atomic mass is 28.4. The third-order valence-electron chi connectivity index (χ3n) is 3.66. The average molecular weight is 274 g/mol. The first-order valence-electron chi connectivity index (χ1n) is 7.32. The smallest absolute Gasteiger partial charge is 0.305 e. The zero-order chi connectivity index (χ0) is 13.4. The van der Waals surface area contributed by atoms with Crippen LogP contribution in [0.2, 0.25) is 19.1 Å². The van der Waals surface area contributed by atoms with Crippen molar-refractivity contribution >= 4 is 14.4 Å². The summed E-state index contributed by atoms with van der Waals surface area (Å²) in [6.07, 6.45) is 8.72. The Balaban J connectivity index is 2.00. The van der Waals surface area contributed by atoms with Gasteiger partial charge in [0.1, 0.15) is 0 Å². The van der Waals surface area contributed by atoms with Gasteiger partial charge in [-0.25, -0.2) is 0 Å². The number of hydrogen-bond donors (Lipinski definition) is 0. The van der Waals surface area contributed by atoms with Crippen molar-refractivity contribution in [1.82, 2.24) is 0 Å². The molecule has 4 heteroatoms. The summed E-state index contributed by atoms with van der Waals surface area (Å²) in [5.74, 6) is 0.627. The molecule has 1 aliphatic rings. The molecule has 0 saturated heterocycles. The molecule has 0 aromatic carbocycles. The van der Waals surface area contributed by atoms with Crippen LogP contribution in [0, 0.1) is 5.92 Å². The molecular weight excluding hydrogens is 247 g/mol. The van der Waals surface area contributed by atoms with Crippen LogP contribution in [0.4, 0.5) is 4.11 Å². The van der Waals surface area contributed by atoms with Crippen LogP contribution in [0.25, 0.3) is 0 Å². The Morgan fingerprint density at radius 2 is 1.94 bits per heavy atom. The van der Waals surface area contributed by atoms with Crippen LogP contribution < -0.4 is 0 Å². The number of hydrogen-bond acceptors (Lipinski definition) is 2. The van der Waals surface area contributed by atoms with Crippen LogP contribution in [0.5, 0.6) is 0 Å². The van der Waals surface area contributed by atoms with Crippen molar-refractivity contribution in [1.29, 1.82) is 0 Å². The van der Waals surface area contributed by atoms with Crippen LogP contribution in [0.1, 0.15) is 51.4 Å². The monoisotopic (exact) mass is 274 g/mol. The topological polar surface area (TPSA) is 26.3 Å². The second kappa shape index (κ2) is 7.92. The van der Waals surface area contributed by atoms with E-state index in [9.17, 15) is 8.90 Å². The molecule has 0 aromatic heterocycles. The molecule has 1 rings (SSSR count). The molecular formula is C14H27FO2Si. The van der Waals surface area contributed by atoms with E-state index in [0.29, 0.717) is 25.5 Å². The van der Waals surface area contributed by atoms with Gasteiger partial charge in [0.2, 0.25) is 8.41 Å². The van der Waals surface area contributed by atoms with Crippen LogP contribution in [0.3, 0.4) is 0 Å². The summed E-state index contributed by atoms with van der Waals surface area (Å²) in [4.78, 5) is 11.5. The molecule has 0 heterocycles. The standard InChI is InChI=1S/C14H27FO2Si/c1-18(2,15)12-6-11-17-14(16)10-9-13-7-4-3-5-8-13/h13H,3-12H2,1-2H3. The SMILES string of the molecule is C[Si](C)(F)CCCOC(=O)CCC1CCCCC1. The number of carbonyl (C=O) groups excluding carboxylic acids is 1. The Morgan fingerprint density at radius 1 is 1.28 bits per heavy atom. The molecule has 0 atom stereocenters.